The van der Waals surface area contributed by atoms with Gasteiger partial charge in [0.15, 0.2) is 5.58 Å². The Balaban J connectivity index is 1.13. The van der Waals surface area contributed by atoms with Crippen LogP contribution in [0.3, 0.4) is 0 Å². The number of benzene rings is 10. The standard InChI is InChI=1S/C60H43N3O/c1-7-19-44(20-8-1)46-31-35-52(36-32-46)61(53-37-33-47(34-38-53)45-21-9-2-10-22-45)54-39-40-55-58(43-54)64-60-57(63(50-27-15-5-16-28-50)51-29-17-6-18-30-51)42-41-56(59(55)60)62(48-23-11-3-12-24-48)49-25-13-4-14-26-49/h1-43H. The molecule has 1 heterocycles. The van der Waals surface area contributed by atoms with Crippen molar-refractivity contribution in [1.82, 2.24) is 0 Å². The minimum absolute atomic E-state index is 0.787. The van der Waals surface area contributed by atoms with E-state index in [1.807, 2.05) is 0 Å². The minimum atomic E-state index is 0.787. The van der Waals surface area contributed by atoms with Crippen molar-refractivity contribution < 1.29 is 4.42 Å². The van der Waals surface area contributed by atoms with Gasteiger partial charge in [-0.05, 0) is 119 Å². The highest BCUT2D eigenvalue weighted by Gasteiger charge is 2.26. The quantitative estimate of drug-likeness (QED) is 0.130. The summed E-state index contributed by atoms with van der Waals surface area (Å²) in [6.07, 6.45) is 0. The first kappa shape index (κ1) is 38.3. The van der Waals surface area contributed by atoms with Crippen molar-refractivity contribution in [2.75, 3.05) is 14.7 Å². The van der Waals surface area contributed by atoms with E-state index in [1.54, 1.807) is 0 Å². The summed E-state index contributed by atoms with van der Waals surface area (Å²) in [7, 11) is 0. The third kappa shape index (κ3) is 7.33. The fraction of sp³-hybridized carbons (Fsp3) is 0. The van der Waals surface area contributed by atoms with E-state index in [0.717, 1.165) is 73.1 Å². The molecule has 10 aromatic carbocycles. The highest BCUT2D eigenvalue weighted by atomic mass is 16.3. The lowest BCUT2D eigenvalue weighted by Gasteiger charge is -2.29. The normalized spacial score (nSPS) is 11.1. The largest absolute Gasteiger partial charge is 0.454 e. The smallest absolute Gasteiger partial charge is 0.161 e. The molecule has 0 aliphatic heterocycles. The van der Waals surface area contributed by atoms with Gasteiger partial charge < -0.3 is 19.1 Å². The third-order valence-corrected chi connectivity index (χ3v) is 11.8. The molecule has 0 atom stereocenters. The van der Waals surface area contributed by atoms with Gasteiger partial charge in [0.1, 0.15) is 5.58 Å². The Morgan fingerprint density at radius 3 is 1.00 bits per heavy atom. The molecule has 4 heteroatoms. The van der Waals surface area contributed by atoms with Crippen LogP contribution >= 0.6 is 0 Å². The minimum Gasteiger partial charge on any atom is -0.454 e. The van der Waals surface area contributed by atoms with Crippen molar-refractivity contribution in [3.63, 3.8) is 0 Å². The number of anilines is 9. The first-order valence-corrected chi connectivity index (χ1v) is 21.7. The molecule has 0 saturated heterocycles. The number of furan rings is 1. The Hall–Kier alpha value is -8.60. The molecule has 11 aromatic rings. The van der Waals surface area contributed by atoms with E-state index in [-0.39, 0.29) is 0 Å². The number of rotatable bonds is 11. The molecule has 64 heavy (non-hydrogen) atoms. The molecule has 0 saturated carbocycles. The van der Waals surface area contributed by atoms with Crippen LogP contribution in [0.4, 0.5) is 51.2 Å². The Morgan fingerprint density at radius 2 is 0.578 bits per heavy atom. The van der Waals surface area contributed by atoms with Gasteiger partial charge in [-0.15, -0.1) is 0 Å². The van der Waals surface area contributed by atoms with Gasteiger partial charge in [0.05, 0.1) is 16.8 Å². The Bertz CT molecular complexity index is 3120. The van der Waals surface area contributed by atoms with E-state index in [0.29, 0.717) is 0 Å². The average Bonchev–Trinajstić information content (AvgIpc) is 3.77. The van der Waals surface area contributed by atoms with Gasteiger partial charge in [0.25, 0.3) is 0 Å². The summed E-state index contributed by atoms with van der Waals surface area (Å²) in [5.41, 5.74) is 15.5. The van der Waals surface area contributed by atoms with Crippen LogP contribution in [0.1, 0.15) is 0 Å². The SMILES string of the molecule is c1ccc(-c2ccc(N(c3ccc(-c4ccccc4)cc3)c3ccc4c(c3)oc3c(N(c5ccccc5)c5ccccc5)ccc(N(c5ccccc5)c5ccccc5)c34)cc2)cc1. The highest BCUT2D eigenvalue weighted by Crippen LogP contribution is 2.49. The van der Waals surface area contributed by atoms with Crippen molar-refractivity contribution in [2.24, 2.45) is 0 Å². The van der Waals surface area contributed by atoms with Crippen LogP contribution in [0, 0.1) is 0 Å². The zero-order chi connectivity index (χ0) is 42.7. The van der Waals surface area contributed by atoms with Crippen LogP contribution in [-0.4, -0.2) is 0 Å². The first-order valence-electron chi connectivity index (χ1n) is 21.7. The van der Waals surface area contributed by atoms with Crippen LogP contribution in [-0.2, 0) is 0 Å². The molecule has 0 aliphatic carbocycles. The summed E-state index contributed by atoms with van der Waals surface area (Å²) in [6, 6.07) is 92.0. The van der Waals surface area contributed by atoms with E-state index in [1.165, 1.54) is 22.3 Å². The van der Waals surface area contributed by atoms with E-state index >= 15 is 0 Å². The summed E-state index contributed by atoms with van der Waals surface area (Å²) < 4.78 is 7.29. The highest BCUT2D eigenvalue weighted by molar-refractivity contribution is 6.18. The van der Waals surface area contributed by atoms with Crippen LogP contribution in [0.15, 0.2) is 265 Å². The van der Waals surface area contributed by atoms with Gasteiger partial charge in [0.2, 0.25) is 0 Å². The molecule has 0 radical (unpaired) electrons. The first-order chi connectivity index (χ1) is 31.8. The molecule has 4 nitrogen and oxygen atoms in total. The predicted octanol–water partition coefficient (Wildman–Crippen LogP) is 17.3. The summed E-state index contributed by atoms with van der Waals surface area (Å²) in [5, 5.41) is 2.04. The fourth-order valence-electron chi connectivity index (χ4n) is 8.82. The molecule has 0 bridgehead atoms. The molecule has 304 valence electrons. The lowest BCUT2D eigenvalue weighted by atomic mass is 10.0. The average molecular weight is 822 g/mol. The van der Waals surface area contributed by atoms with E-state index in [2.05, 4.69) is 276 Å². The molecular weight excluding hydrogens is 779 g/mol. The van der Waals surface area contributed by atoms with Gasteiger partial charge in [0, 0.05) is 51.3 Å². The second-order valence-corrected chi connectivity index (χ2v) is 15.8. The fourth-order valence-corrected chi connectivity index (χ4v) is 8.82. The maximum atomic E-state index is 7.29. The Morgan fingerprint density at radius 1 is 0.250 bits per heavy atom. The predicted molar refractivity (Wildman–Crippen MR) is 269 cm³/mol. The third-order valence-electron chi connectivity index (χ3n) is 11.8. The molecule has 11 rings (SSSR count). The monoisotopic (exact) mass is 821 g/mol. The van der Waals surface area contributed by atoms with Crippen molar-refractivity contribution in [2.45, 2.75) is 0 Å². The van der Waals surface area contributed by atoms with Crippen LogP contribution in [0.5, 0.6) is 0 Å². The number of nitrogens with zero attached hydrogens (tertiary/aromatic N) is 3. The molecule has 1 aromatic heterocycles. The number of hydrogen-bond acceptors (Lipinski definition) is 4. The molecule has 0 spiro atoms. The maximum Gasteiger partial charge on any atom is 0.161 e. The Labute approximate surface area is 373 Å². The maximum absolute atomic E-state index is 7.29. The van der Waals surface area contributed by atoms with Crippen molar-refractivity contribution in [3.8, 4) is 22.3 Å². The van der Waals surface area contributed by atoms with Gasteiger partial charge in [-0.3, -0.25) is 0 Å². The summed E-state index contributed by atoms with van der Waals surface area (Å²) in [5.74, 6) is 0. The molecule has 0 fully saturated rings. The van der Waals surface area contributed by atoms with E-state index in [9.17, 15) is 0 Å². The second kappa shape index (κ2) is 17.0. The molecular formula is C60H43N3O. The summed E-state index contributed by atoms with van der Waals surface area (Å²) in [4.78, 5) is 6.94. The lowest BCUT2D eigenvalue weighted by molar-refractivity contribution is 0.669. The van der Waals surface area contributed by atoms with Crippen molar-refractivity contribution in [3.05, 3.63) is 261 Å². The van der Waals surface area contributed by atoms with Crippen molar-refractivity contribution in [1.29, 1.82) is 0 Å². The number of fused-ring (bicyclic) bond motifs is 3. The number of hydrogen-bond donors (Lipinski definition) is 0. The topological polar surface area (TPSA) is 22.9 Å². The molecule has 0 N–H and O–H groups in total. The zero-order valence-corrected chi connectivity index (χ0v) is 35.1. The van der Waals surface area contributed by atoms with Crippen LogP contribution < -0.4 is 14.7 Å². The van der Waals surface area contributed by atoms with Crippen LogP contribution in [0.25, 0.3) is 44.2 Å². The van der Waals surface area contributed by atoms with Gasteiger partial charge >= 0.3 is 0 Å². The van der Waals surface area contributed by atoms with Gasteiger partial charge in [-0.25, -0.2) is 0 Å². The van der Waals surface area contributed by atoms with E-state index < -0.39 is 0 Å². The lowest BCUT2D eigenvalue weighted by Crippen LogP contribution is -2.12. The summed E-state index contributed by atoms with van der Waals surface area (Å²) in [6.45, 7) is 0. The molecule has 0 unspecified atom stereocenters. The number of para-hydroxylation sites is 4. The van der Waals surface area contributed by atoms with Crippen LogP contribution in [0.2, 0.25) is 0 Å². The van der Waals surface area contributed by atoms with Gasteiger partial charge in [-0.2, -0.15) is 0 Å². The second-order valence-electron chi connectivity index (χ2n) is 15.8. The molecule has 0 amide bonds. The molecule has 0 aliphatic rings. The summed E-state index contributed by atoms with van der Waals surface area (Å²) >= 11 is 0. The zero-order valence-electron chi connectivity index (χ0n) is 35.1. The Kier molecular flexibility index (Phi) is 10.2. The van der Waals surface area contributed by atoms with Crippen molar-refractivity contribution >= 4 is 73.1 Å². The van der Waals surface area contributed by atoms with Gasteiger partial charge in [-0.1, -0.05) is 158 Å². The van der Waals surface area contributed by atoms with E-state index in [4.69, 9.17) is 4.42 Å².